The number of thiophene rings is 1. The van der Waals surface area contributed by atoms with Crippen molar-refractivity contribution in [1.29, 1.82) is 0 Å². The van der Waals surface area contributed by atoms with Crippen LogP contribution in [0.5, 0.6) is 0 Å². The average Bonchev–Trinajstić information content (AvgIpc) is 3.15. The number of fused-ring (bicyclic) bond motifs is 1. The predicted molar refractivity (Wildman–Crippen MR) is 99.6 cm³/mol. The number of aromatic nitrogens is 1. The normalized spacial score (nSPS) is 11.5. The van der Waals surface area contributed by atoms with Gasteiger partial charge in [-0.25, -0.2) is 13.6 Å². The molecule has 0 aliphatic rings. The first-order valence-corrected chi connectivity index (χ1v) is 9.92. The van der Waals surface area contributed by atoms with Gasteiger partial charge in [0.1, 0.15) is 5.69 Å². The summed E-state index contributed by atoms with van der Waals surface area (Å²) in [6.45, 7) is -0.214. The molecule has 0 aliphatic carbocycles. The molecule has 0 atom stereocenters. The maximum atomic E-state index is 12.3. The number of aryl methyl sites for hydroxylation is 1. The molecule has 10 heteroatoms. The Balaban J connectivity index is 1.59. The van der Waals surface area contributed by atoms with Gasteiger partial charge in [0, 0.05) is 12.7 Å². The molecule has 0 spiro atoms. The summed E-state index contributed by atoms with van der Waals surface area (Å²) in [6, 6.07) is 9.13. The number of nitrogens with two attached hydrogens (primary N) is 1. The number of nitrogens with zero attached hydrogens (tertiary/aromatic N) is 1. The lowest BCUT2D eigenvalue weighted by Crippen LogP contribution is -2.33. The van der Waals surface area contributed by atoms with Crippen molar-refractivity contribution in [3.05, 3.63) is 47.5 Å². The van der Waals surface area contributed by atoms with E-state index in [1.165, 1.54) is 35.6 Å². The zero-order valence-corrected chi connectivity index (χ0v) is 15.4. The van der Waals surface area contributed by atoms with Gasteiger partial charge in [-0.15, -0.1) is 11.3 Å². The maximum absolute atomic E-state index is 12.3. The first-order chi connectivity index (χ1) is 12.3. The zero-order valence-electron chi connectivity index (χ0n) is 13.7. The van der Waals surface area contributed by atoms with Gasteiger partial charge >= 0.3 is 0 Å². The lowest BCUT2D eigenvalue weighted by Gasteiger charge is -2.08. The van der Waals surface area contributed by atoms with Crippen LogP contribution in [0.2, 0.25) is 0 Å². The quantitative estimate of drug-likeness (QED) is 0.605. The number of benzene rings is 1. The van der Waals surface area contributed by atoms with Crippen molar-refractivity contribution in [3.63, 3.8) is 0 Å². The molecule has 1 aromatic carbocycles. The van der Waals surface area contributed by atoms with E-state index in [9.17, 15) is 18.0 Å². The molecule has 0 fully saturated rings. The first kappa shape index (κ1) is 18.1. The van der Waals surface area contributed by atoms with Crippen LogP contribution in [0.4, 0.5) is 5.69 Å². The van der Waals surface area contributed by atoms with Crippen molar-refractivity contribution in [2.45, 2.75) is 4.90 Å². The van der Waals surface area contributed by atoms with E-state index >= 15 is 0 Å². The molecular weight excluding hydrogens is 376 g/mol. The minimum absolute atomic E-state index is 0.0486. The van der Waals surface area contributed by atoms with Crippen LogP contribution in [0.1, 0.15) is 10.5 Å². The summed E-state index contributed by atoms with van der Waals surface area (Å²) in [5.41, 5.74) is 1.83. The predicted octanol–water partition coefficient (Wildman–Crippen LogP) is 1.26. The van der Waals surface area contributed by atoms with Gasteiger partial charge in [0.2, 0.25) is 15.9 Å². The Morgan fingerprint density at radius 2 is 1.88 bits per heavy atom. The van der Waals surface area contributed by atoms with Gasteiger partial charge in [-0.1, -0.05) is 0 Å². The Bertz CT molecular complexity index is 1080. The molecule has 2 amide bonds. The Morgan fingerprint density at radius 1 is 1.19 bits per heavy atom. The molecule has 2 aromatic heterocycles. The number of nitrogens with one attached hydrogen (secondary N) is 2. The highest BCUT2D eigenvalue weighted by atomic mass is 32.2. The Kier molecular flexibility index (Phi) is 4.81. The lowest BCUT2D eigenvalue weighted by atomic mass is 10.3. The second-order valence-electron chi connectivity index (χ2n) is 5.56. The minimum atomic E-state index is -3.78. The van der Waals surface area contributed by atoms with Gasteiger partial charge < -0.3 is 15.2 Å². The van der Waals surface area contributed by atoms with Crippen LogP contribution in [0.25, 0.3) is 10.2 Å². The van der Waals surface area contributed by atoms with Crippen molar-refractivity contribution in [3.8, 4) is 0 Å². The van der Waals surface area contributed by atoms with Crippen LogP contribution in [-0.4, -0.2) is 31.3 Å². The van der Waals surface area contributed by atoms with E-state index in [-0.39, 0.29) is 17.3 Å². The molecule has 0 unspecified atom stereocenters. The molecule has 8 nitrogen and oxygen atoms in total. The van der Waals surface area contributed by atoms with Gasteiger partial charge in [0.25, 0.3) is 5.91 Å². The number of carbonyl (C=O) groups is 2. The number of primary sulfonamides is 1. The summed E-state index contributed by atoms with van der Waals surface area (Å²) in [5.74, 6) is -0.784. The number of rotatable bonds is 5. The monoisotopic (exact) mass is 392 g/mol. The van der Waals surface area contributed by atoms with Gasteiger partial charge in [0.15, 0.2) is 0 Å². The fraction of sp³-hybridized carbons (Fsp3) is 0.125. The van der Waals surface area contributed by atoms with E-state index in [2.05, 4.69) is 10.6 Å². The SMILES string of the molecule is Cn1c(C(=O)NCC(=O)Nc2ccc(S(N)(=O)=O)cc2)cc2sccc21. The largest absolute Gasteiger partial charge is 0.342 e. The topological polar surface area (TPSA) is 123 Å². The minimum Gasteiger partial charge on any atom is -0.342 e. The molecule has 0 saturated carbocycles. The van der Waals surface area contributed by atoms with E-state index in [4.69, 9.17) is 5.14 Å². The number of sulfonamides is 1. The second-order valence-corrected chi connectivity index (χ2v) is 8.07. The van der Waals surface area contributed by atoms with Gasteiger partial charge in [-0.3, -0.25) is 9.59 Å². The Hall–Kier alpha value is -2.69. The number of amides is 2. The van der Waals surface area contributed by atoms with Crippen molar-refractivity contribution < 1.29 is 18.0 Å². The number of anilines is 1. The molecule has 0 bridgehead atoms. The third kappa shape index (κ3) is 3.77. The molecule has 3 aromatic rings. The Labute approximate surface area is 153 Å². The van der Waals surface area contributed by atoms with E-state index < -0.39 is 15.9 Å². The average molecular weight is 392 g/mol. The molecule has 136 valence electrons. The highest BCUT2D eigenvalue weighted by Gasteiger charge is 2.15. The van der Waals surface area contributed by atoms with Gasteiger partial charge in [-0.2, -0.15) is 0 Å². The molecule has 4 N–H and O–H groups in total. The van der Waals surface area contributed by atoms with Gasteiger partial charge in [-0.05, 0) is 41.8 Å². The van der Waals surface area contributed by atoms with Crippen LogP contribution in [0.3, 0.4) is 0 Å². The second kappa shape index (κ2) is 6.90. The molecule has 2 heterocycles. The van der Waals surface area contributed by atoms with Crippen LogP contribution in [-0.2, 0) is 21.9 Å². The van der Waals surface area contributed by atoms with Crippen LogP contribution in [0, 0.1) is 0 Å². The Morgan fingerprint density at radius 3 is 2.50 bits per heavy atom. The summed E-state index contributed by atoms with van der Waals surface area (Å²) in [5, 5.41) is 12.1. The van der Waals surface area contributed by atoms with E-state index in [0.29, 0.717) is 11.4 Å². The molecule has 0 aliphatic heterocycles. The number of carbonyl (C=O) groups excluding carboxylic acids is 2. The van der Waals surface area contributed by atoms with Crippen molar-refractivity contribution >= 4 is 49.1 Å². The van der Waals surface area contributed by atoms with E-state index in [1.807, 2.05) is 11.4 Å². The molecule has 0 saturated heterocycles. The summed E-state index contributed by atoms with van der Waals surface area (Å²) < 4.78 is 25.2. The van der Waals surface area contributed by atoms with Crippen LogP contribution in [0.15, 0.2) is 46.7 Å². The van der Waals surface area contributed by atoms with Crippen molar-refractivity contribution in [2.24, 2.45) is 12.2 Å². The summed E-state index contributed by atoms with van der Waals surface area (Å²) in [7, 11) is -1.99. The molecule has 26 heavy (non-hydrogen) atoms. The van der Waals surface area contributed by atoms with Crippen molar-refractivity contribution in [1.82, 2.24) is 9.88 Å². The summed E-state index contributed by atoms with van der Waals surface area (Å²) in [4.78, 5) is 24.2. The first-order valence-electron chi connectivity index (χ1n) is 7.49. The van der Waals surface area contributed by atoms with E-state index in [1.54, 1.807) is 17.7 Å². The molecule has 0 radical (unpaired) electrons. The standard InChI is InChI=1S/C16H16N4O4S2/c1-20-12-6-7-25-14(12)8-13(20)16(22)18-9-15(21)19-10-2-4-11(5-3-10)26(17,23)24/h2-8H,9H2,1H3,(H,18,22)(H,19,21)(H2,17,23,24). The zero-order chi connectivity index (χ0) is 18.9. The number of hydrogen-bond donors (Lipinski definition) is 3. The number of hydrogen-bond acceptors (Lipinski definition) is 5. The highest BCUT2D eigenvalue weighted by molar-refractivity contribution is 7.89. The van der Waals surface area contributed by atoms with Crippen molar-refractivity contribution in [2.75, 3.05) is 11.9 Å². The smallest absolute Gasteiger partial charge is 0.268 e. The third-order valence-electron chi connectivity index (χ3n) is 3.77. The van der Waals surface area contributed by atoms with Gasteiger partial charge in [0.05, 0.1) is 21.7 Å². The molecule has 3 rings (SSSR count). The molecular formula is C16H16N4O4S2. The van der Waals surface area contributed by atoms with Crippen LogP contribution >= 0.6 is 11.3 Å². The maximum Gasteiger partial charge on any atom is 0.268 e. The summed E-state index contributed by atoms with van der Waals surface area (Å²) >= 11 is 1.54. The van der Waals surface area contributed by atoms with E-state index in [0.717, 1.165) is 10.2 Å². The fourth-order valence-corrected chi connectivity index (χ4v) is 3.82. The van der Waals surface area contributed by atoms with Crippen LogP contribution < -0.4 is 15.8 Å². The third-order valence-corrected chi connectivity index (χ3v) is 5.55. The fourth-order valence-electron chi connectivity index (χ4n) is 2.45. The lowest BCUT2D eigenvalue weighted by molar-refractivity contribution is -0.115. The summed E-state index contributed by atoms with van der Waals surface area (Å²) in [6.07, 6.45) is 0. The highest BCUT2D eigenvalue weighted by Crippen LogP contribution is 2.24.